The summed E-state index contributed by atoms with van der Waals surface area (Å²) in [5.41, 5.74) is 1.84. The van der Waals surface area contributed by atoms with E-state index in [9.17, 15) is 9.50 Å². The van der Waals surface area contributed by atoms with Crippen molar-refractivity contribution in [3.63, 3.8) is 0 Å². The van der Waals surface area contributed by atoms with Crippen LogP contribution in [0.15, 0.2) is 36.4 Å². The number of hydrogen-bond acceptors (Lipinski definition) is 2. The molecule has 0 aromatic heterocycles. The Morgan fingerprint density at radius 1 is 1.18 bits per heavy atom. The lowest BCUT2D eigenvalue weighted by atomic mass is 10.0. The first kappa shape index (κ1) is 11.5. The van der Waals surface area contributed by atoms with Gasteiger partial charge in [-0.25, -0.2) is 4.39 Å². The van der Waals surface area contributed by atoms with Crippen molar-refractivity contribution in [3.8, 4) is 22.6 Å². The number of rotatable bonds is 2. The molecular weight excluding hydrogens is 219 g/mol. The van der Waals surface area contributed by atoms with Crippen molar-refractivity contribution < 1.29 is 14.2 Å². The van der Waals surface area contributed by atoms with Gasteiger partial charge in [0.1, 0.15) is 5.82 Å². The molecule has 0 fully saturated rings. The second-order valence-electron chi connectivity index (χ2n) is 3.82. The van der Waals surface area contributed by atoms with Gasteiger partial charge in [0.05, 0.1) is 7.11 Å². The van der Waals surface area contributed by atoms with Crippen LogP contribution in [0, 0.1) is 12.7 Å². The zero-order valence-corrected chi connectivity index (χ0v) is 9.70. The number of aromatic hydroxyl groups is 1. The highest BCUT2D eigenvalue weighted by molar-refractivity contribution is 5.69. The largest absolute Gasteiger partial charge is 0.504 e. The first-order valence-corrected chi connectivity index (χ1v) is 5.26. The van der Waals surface area contributed by atoms with Crippen molar-refractivity contribution in [2.75, 3.05) is 7.11 Å². The van der Waals surface area contributed by atoms with Crippen LogP contribution in [0.4, 0.5) is 4.39 Å². The van der Waals surface area contributed by atoms with Gasteiger partial charge in [-0.05, 0) is 36.2 Å². The molecule has 2 rings (SSSR count). The maximum atomic E-state index is 13.6. The van der Waals surface area contributed by atoms with E-state index >= 15 is 0 Å². The summed E-state index contributed by atoms with van der Waals surface area (Å²) in [5, 5.41) is 9.72. The van der Waals surface area contributed by atoms with E-state index in [4.69, 9.17) is 4.74 Å². The monoisotopic (exact) mass is 232 g/mol. The summed E-state index contributed by atoms with van der Waals surface area (Å²) in [4.78, 5) is 0. The van der Waals surface area contributed by atoms with Crippen LogP contribution in [-0.4, -0.2) is 12.2 Å². The molecule has 0 amide bonds. The van der Waals surface area contributed by atoms with Crippen molar-refractivity contribution in [1.29, 1.82) is 0 Å². The predicted molar refractivity (Wildman–Crippen MR) is 64.8 cm³/mol. The zero-order valence-electron chi connectivity index (χ0n) is 9.70. The molecule has 2 nitrogen and oxygen atoms in total. The number of phenolic OH excluding ortho intramolecular Hbond substituents is 1. The smallest absolute Gasteiger partial charge is 0.161 e. The van der Waals surface area contributed by atoms with E-state index in [2.05, 4.69) is 0 Å². The third-order valence-corrected chi connectivity index (χ3v) is 2.67. The van der Waals surface area contributed by atoms with E-state index in [0.717, 1.165) is 0 Å². The van der Waals surface area contributed by atoms with Gasteiger partial charge in [-0.2, -0.15) is 0 Å². The Morgan fingerprint density at radius 2 is 1.88 bits per heavy atom. The van der Waals surface area contributed by atoms with Crippen LogP contribution in [0.1, 0.15) is 5.56 Å². The molecule has 1 N–H and O–H groups in total. The number of ether oxygens (including phenoxy) is 1. The minimum Gasteiger partial charge on any atom is -0.504 e. The molecule has 0 bridgehead atoms. The molecule has 0 aliphatic heterocycles. The summed E-state index contributed by atoms with van der Waals surface area (Å²) >= 11 is 0. The molecule has 0 heterocycles. The van der Waals surface area contributed by atoms with E-state index in [0.29, 0.717) is 22.4 Å². The van der Waals surface area contributed by atoms with Crippen molar-refractivity contribution >= 4 is 0 Å². The SMILES string of the molecule is COc1cc(-c2ccccc2F)cc(C)c1O. The highest BCUT2D eigenvalue weighted by atomic mass is 19.1. The molecule has 2 aromatic rings. The first-order valence-electron chi connectivity index (χ1n) is 5.26. The molecule has 2 aromatic carbocycles. The summed E-state index contributed by atoms with van der Waals surface area (Å²) in [6.07, 6.45) is 0. The van der Waals surface area contributed by atoms with E-state index in [-0.39, 0.29) is 11.6 Å². The highest BCUT2D eigenvalue weighted by Crippen LogP contribution is 2.35. The van der Waals surface area contributed by atoms with Crippen LogP contribution >= 0.6 is 0 Å². The second kappa shape index (κ2) is 4.45. The molecule has 0 atom stereocenters. The van der Waals surface area contributed by atoms with Gasteiger partial charge in [0.2, 0.25) is 0 Å². The summed E-state index contributed by atoms with van der Waals surface area (Å²) in [6.45, 7) is 1.75. The molecule has 0 unspecified atom stereocenters. The number of methoxy groups -OCH3 is 1. The maximum absolute atomic E-state index is 13.6. The van der Waals surface area contributed by atoms with Gasteiger partial charge >= 0.3 is 0 Å². The predicted octanol–water partition coefficient (Wildman–Crippen LogP) is 3.52. The Balaban J connectivity index is 2.61. The Morgan fingerprint density at radius 3 is 2.53 bits per heavy atom. The summed E-state index contributed by atoms with van der Waals surface area (Å²) < 4.78 is 18.7. The fourth-order valence-electron chi connectivity index (χ4n) is 1.75. The molecule has 88 valence electrons. The fraction of sp³-hybridized carbons (Fsp3) is 0.143. The van der Waals surface area contributed by atoms with E-state index in [1.807, 2.05) is 0 Å². The lowest BCUT2D eigenvalue weighted by Gasteiger charge is -2.10. The Hall–Kier alpha value is -2.03. The number of aryl methyl sites for hydroxylation is 1. The number of phenols is 1. The van der Waals surface area contributed by atoms with Crippen LogP contribution < -0.4 is 4.74 Å². The second-order valence-corrected chi connectivity index (χ2v) is 3.82. The zero-order chi connectivity index (χ0) is 12.4. The molecule has 0 aliphatic rings. The van der Waals surface area contributed by atoms with E-state index in [1.165, 1.54) is 13.2 Å². The summed E-state index contributed by atoms with van der Waals surface area (Å²) in [7, 11) is 1.47. The molecule has 3 heteroatoms. The molecule has 0 aliphatic carbocycles. The lowest BCUT2D eigenvalue weighted by Crippen LogP contribution is -1.90. The minimum atomic E-state index is -0.292. The molecular formula is C14H13FO2. The van der Waals surface area contributed by atoms with Gasteiger partial charge in [-0.15, -0.1) is 0 Å². The molecule has 0 saturated carbocycles. The number of halogens is 1. The lowest BCUT2D eigenvalue weighted by molar-refractivity contribution is 0.372. The van der Waals surface area contributed by atoms with Gasteiger partial charge in [0.15, 0.2) is 11.5 Å². The van der Waals surface area contributed by atoms with Crippen molar-refractivity contribution in [3.05, 3.63) is 47.8 Å². The normalized spacial score (nSPS) is 10.3. The Bertz CT molecular complexity index is 550. The Labute approximate surface area is 99.3 Å². The third-order valence-electron chi connectivity index (χ3n) is 2.67. The number of hydrogen-bond donors (Lipinski definition) is 1. The quantitative estimate of drug-likeness (QED) is 0.858. The third kappa shape index (κ3) is 2.09. The summed E-state index contributed by atoms with van der Waals surface area (Å²) in [5.74, 6) is 0.149. The fourth-order valence-corrected chi connectivity index (χ4v) is 1.75. The first-order chi connectivity index (χ1) is 8.13. The van der Waals surface area contributed by atoms with Crippen molar-refractivity contribution in [2.24, 2.45) is 0 Å². The van der Waals surface area contributed by atoms with Crippen LogP contribution in [0.25, 0.3) is 11.1 Å². The topological polar surface area (TPSA) is 29.5 Å². The van der Waals surface area contributed by atoms with E-state index < -0.39 is 0 Å². The van der Waals surface area contributed by atoms with Gasteiger partial charge < -0.3 is 9.84 Å². The number of benzene rings is 2. The van der Waals surface area contributed by atoms with Gasteiger partial charge in [0, 0.05) is 5.56 Å². The van der Waals surface area contributed by atoms with Crippen molar-refractivity contribution in [1.82, 2.24) is 0 Å². The maximum Gasteiger partial charge on any atom is 0.161 e. The molecule has 17 heavy (non-hydrogen) atoms. The van der Waals surface area contributed by atoms with Crippen LogP contribution in [0.5, 0.6) is 11.5 Å². The minimum absolute atomic E-state index is 0.0904. The summed E-state index contributed by atoms with van der Waals surface area (Å²) in [6, 6.07) is 9.87. The molecule has 0 saturated heterocycles. The standard InChI is InChI=1S/C14H13FO2/c1-9-7-10(8-13(17-2)14(9)16)11-5-3-4-6-12(11)15/h3-8,16H,1-2H3. The van der Waals surface area contributed by atoms with Gasteiger partial charge in [0.25, 0.3) is 0 Å². The van der Waals surface area contributed by atoms with Gasteiger partial charge in [-0.3, -0.25) is 0 Å². The van der Waals surface area contributed by atoms with Crippen LogP contribution in [0.3, 0.4) is 0 Å². The molecule has 0 radical (unpaired) electrons. The highest BCUT2D eigenvalue weighted by Gasteiger charge is 2.10. The van der Waals surface area contributed by atoms with E-state index in [1.54, 1.807) is 37.3 Å². The average Bonchev–Trinajstić information content (AvgIpc) is 2.33. The Kier molecular flexibility index (Phi) is 3.00. The average molecular weight is 232 g/mol. The van der Waals surface area contributed by atoms with Crippen LogP contribution in [0.2, 0.25) is 0 Å². The van der Waals surface area contributed by atoms with Gasteiger partial charge in [-0.1, -0.05) is 18.2 Å². The molecule has 0 spiro atoms. The van der Waals surface area contributed by atoms with Crippen LogP contribution in [-0.2, 0) is 0 Å². The van der Waals surface area contributed by atoms with Crippen molar-refractivity contribution in [2.45, 2.75) is 6.92 Å².